The van der Waals surface area contributed by atoms with Crippen LogP contribution in [0.2, 0.25) is 5.02 Å². The average Bonchev–Trinajstić information content (AvgIpc) is 3.44. The van der Waals surface area contributed by atoms with E-state index in [1.807, 2.05) is 6.07 Å². The lowest BCUT2D eigenvalue weighted by Crippen LogP contribution is -2.57. The lowest BCUT2D eigenvalue weighted by atomic mass is 9.95. The number of carbonyl (C=O) groups is 3. The molecule has 2 aliphatic rings. The third-order valence-electron chi connectivity index (χ3n) is 5.85. The Morgan fingerprint density at radius 2 is 2.25 bits per heavy atom. The third kappa shape index (κ3) is 4.42. The van der Waals surface area contributed by atoms with Crippen LogP contribution in [0.15, 0.2) is 11.4 Å². The van der Waals surface area contributed by atoms with E-state index in [1.165, 1.54) is 11.3 Å². The Kier molecular flexibility index (Phi) is 6.09. The van der Waals surface area contributed by atoms with Gasteiger partial charge in [-0.2, -0.15) is 5.26 Å². The van der Waals surface area contributed by atoms with Gasteiger partial charge in [0.25, 0.3) is 11.8 Å². The molecular formula is C20H20ClF2N5O3S. The van der Waals surface area contributed by atoms with Crippen LogP contribution in [0.4, 0.5) is 8.78 Å². The number of halogens is 3. The zero-order chi connectivity index (χ0) is 23.0. The summed E-state index contributed by atoms with van der Waals surface area (Å²) in [6.45, 7) is 0.177. The van der Waals surface area contributed by atoms with E-state index >= 15 is 0 Å². The van der Waals surface area contributed by atoms with Crippen LogP contribution < -0.4 is 10.6 Å². The third-order valence-corrected chi connectivity index (χ3v) is 7.20. The summed E-state index contributed by atoms with van der Waals surface area (Å²) in [6.07, 6.45) is -0.799. The van der Waals surface area contributed by atoms with E-state index in [4.69, 9.17) is 11.6 Å². The van der Waals surface area contributed by atoms with Crippen molar-refractivity contribution in [2.24, 2.45) is 5.92 Å². The van der Waals surface area contributed by atoms with Gasteiger partial charge >= 0.3 is 0 Å². The molecule has 2 fully saturated rings. The van der Waals surface area contributed by atoms with Crippen LogP contribution in [0, 0.1) is 17.2 Å². The summed E-state index contributed by atoms with van der Waals surface area (Å²) in [5.74, 6) is -5.18. The van der Waals surface area contributed by atoms with Crippen molar-refractivity contribution >= 4 is 50.9 Å². The molecular weight excluding hydrogens is 464 g/mol. The van der Waals surface area contributed by atoms with Crippen molar-refractivity contribution in [2.45, 2.75) is 43.7 Å². The summed E-state index contributed by atoms with van der Waals surface area (Å²) < 4.78 is 29.1. The molecule has 12 heteroatoms. The highest BCUT2D eigenvalue weighted by Crippen LogP contribution is 2.34. The number of nitriles is 1. The smallest absolute Gasteiger partial charge is 0.271 e. The molecule has 4 rings (SSSR count). The number of piperidine rings is 1. The Bertz CT molecular complexity index is 1110. The van der Waals surface area contributed by atoms with E-state index in [0.29, 0.717) is 23.5 Å². The Morgan fingerprint density at radius 1 is 1.47 bits per heavy atom. The average molecular weight is 484 g/mol. The maximum Gasteiger partial charge on any atom is 0.271 e. The summed E-state index contributed by atoms with van der Waals surface area (Å²) in [7, 11) is 0. The van der Waals surface area contributed by atoms with Gasteiger partial charge in [0.15, 0.2) is 0 Å². The van der Waals surface area contributed by atoms with Gasteiger partial charge in [0.05, 0.1) is 21.3 Å². The number of rotatable bonds is 5. The number of aromatic nitrogens is 1. The molecule has 4 heterocycles. The van der Waals surface area contributed by atoms with Gasteiger partial charge in [-0.25, -0.2) is 8.78 Å². The number of likely N-dealkylation sites (tertiary alicyclic amines) is 1. The number of nitrogens with zero attached hydrogens (tertiary/aromatic N) is 2. The standard InChI is InChI=1S/C20H20ClF2N5O3S/c21-12-9-32-15-6-13(27-16(12)15)19(31)28-4-2-20(22,23)7-14(28)18(30)26-11(8-24)5-10-1-3-25-17(10)29/h6,9-11,14,27H,1-5,7H2,(H,25,29)(H,26,30)/t10-,11-,14-/m0/s1. The van der Waals surface area contributed by atoms with E-state index in [2.05, 4.69) is 15.6 Å². The van der Waals surface area contributed by atoms with Crippen LogP contribution in [0.25, 0.3) is 10.2 Å². The number of hydrogen-bond donors (Lipinski definition) is 3. The first-order valence-electron chi connectivity index (χ1n) is 10.1. The summed E-state index contributed by atoms with van der Waals surface area (Å²) in [5.41, 5.74) is 0.721. The monoisotopic (exact) mass is 483 g/mol. The highest BCUT2D eigenvalue weighted by atomic mass is 35.5. The summed E-state index contributed by atoms with van der Waals surface area (Å²) in [4.78, 5) is 41.8. The first-order chi connectivity index (χ1) is 15.2. The van der Waals surface area contributed by atoms with Crippen LogP contribution >= 0.6 is 22.9 Å². The van der Waals surface area contributed by atoms with Crippen LogP contribution in [-0.4, -0.2) is 58.7 Å². The Morgan fingerprint density at radius 3 is 2.91 bits per heavy atom. The van der Waals surface area contributed by atoms with Crippen molar-refractivity contribution in [1.29, 1.82) is 5.26 Å². The molecule has 2 aliphatic heterocycles. The fourth-order valence-electron chi connectivity index (χ4n) is 4.13. The second kappa shape index (κ2) is 8.67. The Balaban J connectivity index is 1.52. The summed E-state index contributed by atoms with van der Waals surface area (Å²) in [6, 6.07) is 1.01. The lowest BCUT2D eigenvalue weighted by molar-refractivity contribution is -0.135. The van der Waals surface area contributed by atoms with Gasteiger partial charge in [0.2, 0.25) is 11.8 Å². The Labute approximate surface area is 190 Å². The molecule has 0 aromatic carbocycles. The lowest BCUT2D eigenvalue weighted by Gasteiger charge is -2.38. The van der Waals surface area contributed by atoms with Gasteiger partial charge in [0.1, 0.15) is 17.8 Å². The molecule has 2 aromatic rings. The number of thiophene rings is 1. The molecule has 2 aromatic heterocycles. The van der Waals surface area contributed by atoms with Gasteiger partial charge < -0.3 is 20.5 Å². The van der Waals surface area contributed by atoms with E-state index in [0.717, 1.165) is 9.60 Å². The predicted octanol–water partition coefficient (Wildman–Crippen LogP) is 2.66. The number of nitrogens with one attached hydrogen (secondary N) is 3. The fourth-order valence-corrected chi connectivity index (χ4v) is 5.28. The van der Waals surface area contributed by atoms with Crippen molar-refractivity contribution in [3.63, 3.8) is 0 Å². The molecule has 32 heavy (non-hydrogen) atoms. The maximum absolute atomic E-state index is 14.2. The topological polar surface area (TPSA) is 118 Å². The molecule has 170 valence electrons. The highest BCUT2D eigenvalue weighted by molar-refractivity contribution is 7.17. The first kappa shape index (κ1) is 22.5. The number of alkyl halides is 2. The molecule has 3 N–H and O–H groups in total. The normalized spacial score (nSPS) is 23.6. The summed E-state index contributed by atoms with van der Waals surface area (Å²) in [5, 5.41) is 16.7. The summed E-state index contributed by atoms with van der Waals surface area (Å²) >= 11 is 7.41. The minimum atomic E-state index is -3.12. The van der Waals surface area contributed by atoms with Crippen molar-refractivity contribution in [3.05, 3.63) is 22.2 Å². The molecule has 3 amide bonds. The second-order valence-corrected chi connectivity index (χ2v) is 9.35. The van der Waals surface area contributed by atoms with Crippen LogP contribution in [0.1, 0.15) is 36.2 Å². The Hall–Kier alpha value is -2.71. The van der Waals surface area contributed by atoms with Crippen molar-refractivity contribution < 1.29 is 23.2 Å². The quantitative estimate of drug-likeness (QED) is 0.605. The highest BCUT2D eigenvalue weighted by Gasteiger charge is 2.46. The maximum atomic E-state index is 14.2. The van der Waals surface area contributed by atoms with Crippen molar-refractivity contribution in [3.8, 4) is 6.07 Å². The molecule has 3 atom stereocenters. The van der Waals surface area contributed by atoms with Gasteiger partial charge in [-0.3, -0.25) is 14.4 Å². The van der Waals surface area contributed by atoms with E-state index in [1.54, 1.807) is 11.4 Å². The zero-order valence-electron chi connectivity index (χ0n) is 16.8. The van der Waals surface area contributed by atoms with Gasteiger partial charge in [-0.15, -0.1) is 11.3 Å². The zero-order valence-corrected chi connectivity index (χ0v) is 18.4. The van der Waals surface area contributed by atoms with E-state index in [9.17, 15) is 28.4 Å². The molecule has 2 saturated heterocycles. The van der Waals surface area contributed by atoms with Crippen LogP contribution in [0.5, 0.6) is 0 Å². The number of fused-ring (bicyclic) bond motifs is 1. The molecule has 0 radical (unpaired) electrons. The van der Waals surface area contributed by atoms with E-state index < -0.39 is 48.6 Å². The van der Waals surface area contributed by atoms with Gasteiger partial charge in [-0.1, -0.05) is 11.6 Å². The van der Waals surface area contributed by atoms with Crippen LogP contribution in [0.3, 0.4) is 0 Å². The number of amides is 3. The molecule has 0 unspecified atom stereocenters. The number of hydrogen-bond acceptors (Lipinski definition) is 5. The predicted molar refractivity (Wildman–Crippen MR) is 113 cm³/mol. The number of H-pyrrole nitrogens is 1. The van der Waals surface area contributed by atoms with Crippen molar-refractivity contribution in [1.82, 2.24) is 20.5 Å². The second-order valence-electron chi connectivity index (χ2n) is 8.03. The van der Waals surface area contributed by atoms with Gasteiger partial charge in [-0.05, 0) is 18.9 Å². The molecule has 8 nitrogen and oxygen atoms in total. The van der Waals surface area contributed by atoms with E-state index in [-0.39, 0.29) is 24.6 Å². The van der Waals surface area contributed by atoms with Crippen molar-refractivity contribution in [2.75, 3.05) is 13.1 Å². The van der Waals surface area contributed by atoms with Crippen LogP contribution in [-0.2, 0) is 9.59 Å². The first-order valence-corrected chi connectivity index (χ1v) is 11.4. The van der Waals surface area contributed by atoms with Gasteiger partial charge in [0, 0.05) is 37.2 Å². The molecule has 0 aliphatic carbocycles. The molecule has 0 bridgehead atoms. The minimum Gasteiger partial charge on any atom is -0.356 e. The molecule has 0 spiro atoms. The minimum absolute atomic E-state index is 0.0799. The molecule has 0 saturated carbocycles. The largest absolute Gasteiger partial charge is 0.356 e. The number of carbonyl (C=O) groups excluding carboxylic acids is 3. The fraction of sp³-hybridized carbons (Fsp3) is 0.500. The SMILES string of the molecule is N#C[C@H](C[C@@H]1CCNC1=O)NC(=O)[C@@H]1CC(F)(F)CCN1C(=O)c1cc2scc(Cl)c2[nH]1. The number of aromatic amines is 1.